The van der Waals surface area contributed by atoms with E-state index in [-0.39, 0.29) is 5.91 Å². The predicted molar refractivity (Wildman–Crippen MR) is 89.1 cm³/mol. The summed E-state index contributed by atoms with van der Waals surface area (Å²) >= 11 is 0. The average Bonchev–Trinajstić information content (AvgIpc) is 3.11. The summed E-state index contributed by atoms with van der Waals surface area (Å²) in [6, 6.07) is 10.0. The Morgan fingerprint density at radius 3 is 2.68 bits per heavy atom. The van der Waals surface area contributed by atoms with Gasteiger partial charge < -0.3 is 9.88 Å². The van der Waals surface area contributed by atoms with Crippen molar-refractivity contribution < 1.29 is 4.79 Å². The maximum Gasteiger partial charge on any atom is 0.257 e. The first-order chi connectivity index (χ1) is 10.6. The van der Waals surface area contributed by atoms with Crippen molar-refractivity contribution in [3.05, 3.63) is 53.3 Å². The van der Waals surface area contributed by atoms with Gasteiger partial charge in [0.2, 0.25) is 0 Å². The molecule has 116 valence electrons. The van der Waals surface area contributed by atoms with Crippen LogP contribution in [0.15, 0.2) is 36.5 Å². The number of benzene rings is 1. The third kappa shape index (κ3) is 3.22. The molecule has 1 aliphatic heterocycles. The molecule has 4 nitrogen and oxygen atoms in total. The molecule has 0 radical (unpaired) electrons. The molecule has 1 N–H and O–H groups in total. The summed E-state index contributed by atoms with van der Waals surface area (Å²) in [5.41, 5.74) is 3.83. The van der Waals surface area contributed by atoms with Crippen LogP contribution in [0.4, 0.5) is 5.69 Å². The summed E-state index contributed by atoms with van der Waals surface area (Å²) in [5.74, 6) is -0.0450. The van der Waals surface area contributed by atoms with Crippen molar-refractivity contribution in [2.24, 2.45) is 7.05 Å². The summed E-state index contributed by atoms with van der Waals surface area (Å²) in [4.78, 5) is 14.8. The fourth-order valence-corrected chi connectivity index (χ4v) is 2.99. The van der Waals surface area contributed by atoms with E-state index in [0.29, 0.717) is 0 Å². The van der Waals surface area contributed by atoms with Crippen molar-refractivity contribution in [1.82, 2.24) is 9.47 Å². The zero-order valence-electron chi connectivity index (χ0n) is 13.3. The number of nitrogens with zero attached hydrogens (tertiary/aromatic N) is 2. The molecule has 0 unspecified atom stereocenters. The molecule has 3 rings (SSSR count). The first-order valence-corrected chi connectivity index (χ1v) is 7.88. The number of rotatable bonds is 4. The average molecular weight is 297 g/mol. The molecule has 4 heteroatoms. The molecular formula is C18H23N3O. The van der Waals surface area contributed by atoms with Crippen LogP contribution < -0.4 is 5.32 Å². The van der Waals surface area contributed by atoms with E-state index < -0.39 is 0 Å². The third-order valence-electron chi connectivity index (χ3n) is 4.42. The number of carbonyl (C=O) groups excluding carboxylic acids is 1. The highest BCUT2D eigenvalue weighted by atomic mass is 16.1. The summed E-state index contributed by atoms with van der Waals surface area (Å²) in [5, 5.41) is 3.01. The summed E-state index contributed by atoms with van der Waals surface area (Å²) < 4.78 is 1.96. The van der Waals surface area contributed by atoms with E-state index in [4.69, 9.17) is 0 Å². The molecular weight excluding hydrogens is 274 g/mol. The van der Waals surface area contributed by atoms with E-state index in [1.807, 2.05) is 42.9 Å². The van der Waals surface area contributed by atoms with Gasteiger partial charge in [-0.15, -0.1) is 0 Å². The largest absolute Gasteiger partial charge is 0.354 e. The highest BCUT2D eigenvalue weighted by Crippen LogP contribution is 2.17. The maximum absolute atomic E-state index is 12.4. The van der Waals surface area contributed by atoms with Crippen LogP contribution in [0.5, 0.6) is 0 Å². The lowest BCUT2D eigenvalue weighted by atomic mass is 10.1. The van der Waals surface area contributed by atoms with Crippen LogP contribution in [0.1, 0.15) is 34.5 Å². The zero-order chi connectivity index (χ0) is 15.5. The van der Waals surface area contributed by atoms with Crippen LogP contribution in [-0.2, 0) is 13.6 Å². The van der Waals surface area contributed by atoms with E-state index >= 15 is 0 Å². The second-order valence-corrected chi connectivity index (χ2v) is 6.06. The van der Waals surface area contributed by atoms with E-state index in [1.165, 1.54) is 31.5 Å². The number of nitrogens with one attached hydrogen (secondary N) is 1. The van der Waals surface area contributed by atoms with E-state index in [9.17, 15) is 4.79 Å². The second-order valence-electron chi connectivity index (χ2n) is 6.06. The Bertz CT molecular complexity index is 669. The van der Waals surface area contributed by atoms with Gasteiger partial charge in [-0.25, -0.2) is 0 Å². The molecule has 1 aliphatic rings. The molecule has 2 heterocycles. The minimum atomic E-state index is -0.0450. The minimum Gasteiger partial charge on any atom is -0.354 e. The Labute approximate surface area is 131 Å². The fraction of sp³-hybridized carbons (Fsp3) is 0.389. The standard InChI is InChI=1S/C18H23N3O/c1-14-17(8-11-20(14)2)18(22)19-16-7-5-6-15(12-16)13-21-9-3-4-10-21/h5-8,11-12H,3-4,9-10,13H2,1-2H3,(H,19,22). The number of aryl methyl sites for hydroxylation is 1. The van der Waals surface area contributed by atoms with Gasteiger partial charge in [-0.1, -0.05) is 12.1 Å². The molecule has 0 atom stereocenters. The molecule has 22 heavy (non-hydrogen) atoms. The van der Waals surface area contributed by atoms with Gasteiger partial charge in [0, 0.05) is 31.2 Å². The Morgan fingerprint density at radius 2 is 2.00 bits per heavy atom. The monoisotopic (exact) mass is 297 g/mol. The number of aromatic nitrogens is 1. The minimum absolute atomic E-state index is 0.0450. The Morgan fingerprint density at radius 1 is 1.23 bits per heavy atom. The first-order valence-electron chi connectivity index (χ1n) is 7.88. The molecule has 0 aliphatic carbocycles. The predicted octanol–water partition coefficient (Wildman–Crippen LogP) is 3.18. The zero-order valence-corrected chi connectivity index (χ0v) is 13.3. The number of amides is 1. The van der Waals surface area contributed by atoms with Crippen LogP contribution in [0, 0.1) is 6.92 Å². The van der Waals surface area contributed by atoms with Gasteiger partial charge in [-0.05, 0) is 56.6 Å². The van der Waals surface area contributed by atoms with Crippen molar-refractivity contribution in [2.75, 3.05) is 18.4 Å². The van der Waals surface area contributed by atoms with Crippen molar-refractivity contribution in [1.29, 1.82) is 0 Å². The summed E-state index contributed by atoms with van der Waals surface area (Å²) in [7, 11) is 1.95. The SMILES string of the molecule is Cc1c(C(=O)Nc2cccc(CN3CCCC3)c2)ccn1C. The topological polar surface area (TPSA) is 37.3 Å². The van der Waals surface area contributed by atoms with Crippen molar-refractivity contribution in [3.63, 3.8) is 0 Å². The van der Waals surface area contributed by atoms with Crippen LogP contribution >= 0.6 is 0 Å². The highest BCUT2D eigenvalue weighted by Gasteiger charge is 2.14. The molecule has 2 aromatic rings. The summed E-state index contributed by atoms with van der Waals surface area (Å²) in [6.45, 7) is 5.28. The lowest BCUT2D eigenvalue weighted by Gasteiger charge is -2.15. The number of hydrogen-bond donors (Lipinski definition) is 1. The van der Waals surface area contributed by atoms with Gasteiger partial charge in [0.25, 0.3) is 5.91 Å². The van der Waals surface area contributed by atoms with E-state index in [1.54, 1.807) is 0 Å². The number of likely N-dealkylation sites (tertiary alicyclic amines) is 1. The van der Waals surface area contributed by atoms with Crippen molar-refractivity contribution >= 4 is 11.6 Å². The Balaban J connectivity index is 1.69. The first kappa shape index (κ1) is 14.9. The summed E-state index contributed by atoms with van der Waals surface area (Å²) in [6.07, 6.45) is 4.50. The third-order valence-corrected chi connectivity index (χ3v) is 4.42. The lowest BCUT2D eigenvalue weighted by Crippen LogP contribution is -2.18. The molecule has 0 spiro atoms. The number of hydrogen-bond acceptors (Lipinski definition) is 2. The van der Waals surface area contributed by atoms with Crippen LogP contribution in [0.3, 0.4) is 0 Å². The van der Waals surface area contributed by atoms with E-state index in [2.05, 4.69) is 22.3 Å². The number of carbonyl (C=O) groups is 1. The molecule has 1 aromatic heterocycles. The molecule has 1 fully saturated rings. The van der Waals surface area contributed by atoms with Gasteiger partial charge in [0.05, 0.1) is 5.56 Å². The fourth-order valence-electron chi connectivity index (χ4n) is 2.99. The molecule has 1 amide bonds. The van der Waals surface area contributed by atoms with Crippen LogP contribution in [0.2, 0.25) is 0 Å². The molecule has 0 saturated carbocycles. The number of anilines is 1. The van der Waals surface area contributed by atoms with Gasteiger partial charge in [0.15, 0.2) is 0 Å². The molecule has 0 bridgehead atoms. The maximum atomic E-state index is 12.4. The second kappa shape index (κ2) is 6.36. The molecule has 1 saturated heterocycles. The Hall–Kier alpha value is -2.07. The Kier molecular flexibility index (Phi) is 4.29. The smallest absolute Gasteiger partial charge is 0.257 e. The quantitative estimate of drug-likeness (QED) is 0.941. The van der Waals surface area contributed by atoms with Crippen LogP contribution in [0.25, 0.3) is 0 Å². The lowest BCUT2D eigenvalue weighted by molar-refractivity contribution is 0.102. The van der Waals surface area contributed by atoms with Crippen LogP contribution in [-0.4, -0.2) is 28.5 Å². The molecule has 1 aromatic carbocycles. The van der Waals surface area contributed by atoms with Crippen molar-refractivity contribution in [3.8, 4) is 0 Å². The van der Waals surface area contributed by atoms with Gasteiger partial charge in [-0.3, -0.25) is 9.69 Å². The van der Waals surface area contributed by atoms with Gasteiger partial charge >= 0.3 is 0 Å². The van der Waals surface area contributed by atoms with Crippen molar-refractivity contribution in [2.45, 2.75) is 26.3 Å². The van der Waals surface area contributed by atoms with Gasteiger partial charge in [0.1, 0.15) is 0 Å². The normalized spacial score (nSPS) is 15.2. The van der Waals surface area contributed by atoms with E-state index in [0.717, 1.165) is 23.5 Å². The highest BCUT2D eigenvalue weighted by molar-refractivity contribution is 6.05. The van der Waals surface area contributed by atoms with Gasteiger partial charge in [-0.2, -0.15) is 0 Å².